The van der Waals surface area contributed by atoms with Crippen molar-refractivity contribution in [2.45, 2.75) is 39.0 Å². The highest BCUT2D eigenvalue weighted by atomic mass is 14.2. The lowest BCUT2D eigenvalue weighted by Gasteiger charge is -2.12. The molecule has 0 aromatic heterocycles. The minimum Gasteiger partial charge on any atom is -0.0807 e. The Bertz CT molecular complexity index is 266. The van der Waals surface area contributed by atoms with E-state index in [2.05, 4.69) is 31.2 Å². The molecule has 2 rings (SSSR count). The second kappa shape index (κ2) is 3.95. The van der Waals surface area contributed by atoms with Crippen molar-refractivity contribution in [2.75, 3.05) is 0 Å². The summed E-state index contributed by atoms with van der Waals surface area (Å²) in [7, 11) is 0. The number of rotatable bonds is 2. The fourth-order valence-corrected chi connectivity index (χ4v) is 2.14. The van der Waals surface area contributed by atoms with Crippen molar-refractivity contribution in [1.82, 2.24) is 0 Å². The Kier molecular flexibility index (Phi) is 2.68. The maximum absolute atomic E-state index is 2.43. The number of hydrogen-bond acceptors (Lipinski definition) is 0. The van der Waals surface area contributed by atoms with E-state index in [9.17, 15) is 0 Å². The molecule has 0 amide bonds. The zero-order chi connectivity index (χ0) is 9.10. The van der Waals surface area contributed by atoms with E-state index in [0.717, 1.165) is 0 Å². The van der Waals surface area contributed by atoms with Crippen LogP contribution in [0.4, 0.5) is 0 Å². The maximum atomic E-state index is 2.43. The highest BCUT2D eigenvalue weighted by Gasteiger charge is 2.12. The largest absolute Gasteiger partial charge is 0.0807 e. The second-order valence-electron chi connectivity index (χ2n) is 4.03. The van der Waals surface area contributed by atoms with E-state index in [4.69, 9.17) is 0 Å². The number of allylic oxidation sites excluding steroid dienone is 6. The molecule has 70 valence electrons. The van der Waals surface area contributed by atoms with E-state index in [1.54, 1.807) is 5.57 Å². The molecule has 0 aromatic rings. The lowest BCUT2D eigenvalue weighted by atomic mass is 9.94. The van der Waals surface area contributed by atoms with Crippen molar-refractivity contribution >= 4 is 0 Å². The summed E-state index contributed by atoms with van der Waals surface area (Å²) in [5.41, 5.74) is 3.10. The highest BCUT2D eigenvalue weighted by molar-refractivity contribution is 5.45. The van der Waals surface area contributed by atoms with Gasteiger partial charge in [-0.15, -0.1) is 0 Å². The summed E-state index contributed by atoms with van der Waals surface area (Å²) in [4.78, 5) is 0. The Morgan fingerprint density at radius 2 is 2.31 bits per heavy atom. The van der Waals surface area contributed by atoms with Gasteiger partial charge in [0.15, 0.2) is 0 Å². The van der Waals surface area contributed by atoms with Crippen molar-refractivity contribution in [3.63, 3.8) is 0 Å². The summed E-state index contributed by atoms with van der Waals surface area (Å²) in [6.07, 6.45) is 16.1. The predicted octanol–water partition coefficient (Wildman–Crippen LogP) is 4.01. The van der Waals surface area contributed by atoms with Gasteiger partial charge in [-0.1, -0.05) is 31.2 Å². The molecule has 0 heterocycles. The average Bonchev–Trinajstić information content (AvgIpc) is 2.67. The molecule has 0 bridgehead atoms. The monoisotopic (exact) mass is 174 g/mol. The van der Waals surface area contributed by atoms with Gasteiger partial charge in [-0.2, -0.15) is 0 Å². The van der Waals surface area contributed by atoms with Crippen molar-refractivity contribution in [1.29, 1.82) is 0 Å². The molecule has 0 fully saturated rings. The Morgan fingerprint density at radius 1 is 1.38 bits per heavy atom. The van der Waals surface area contributed by atoms with E-state index in [1.807, 2.05) is 0 Å². The summed E-state index contributed by atoms with van der Waals surface area (Å²) >= 11 is 0. The zero-order valence-electron chi connectivity index (χ0n) is 8.42. The van der Waals surface area contributed by atoms with E-state index < -0.39 is 0 Å². The molecule has 0 nitrogen and oxygen atoms in total. The summed E-state index contributed by atoms with van der Waals surface area (Å²) in [5, 5.41) is 0. The van der Waals surface area contributed by atoms with Crippen molar-refractivity contribution < 1.29 is 0 Å². The Labute approximate surface area is 81.0 Å². The molecule has 0 aromatic carbocycles. The van der Waals surface area contributed by atoms with E-state index in [0.29, 0.717) is 5.92 Å². The van der Waals surface area contributed by atoms with Gasteiger partial charge in [-0.05, 0) is 49.2 Å². The minimum absolute atomic E-state index is 0.706. The first-order chi connectivity index (χ1) is 6.40. The van der Waals surface area contributed by atoms with Crippen LogP contribution in [0.3, 0.4) is 0 Å². The molecule has 2 aliphatic carbocycles. The summed E-state index contributed by atoms with van der Waals surface area (Å²) in [5.74, 6) is 0.706. The Morgan fingerprint density at radius 3 is 2.92 bits per heavy atom. The first kappa shape index (κ1) is 8.80. The van der Waals surface area contributed by atoms with Gasteiger partial charge in [-0.3, -0.25) is 0 Å². The summed E-state index contributed by atoms with van der Waals surface area (Å²) < 4.78 is 0. The summed E-state index contributed by atoms with van der Waals surface area (Å²) in [6.45, 7) is 2.25. The fraction of sp³-hybridized carbons (Fsp3) is 0.538. The smallest absolute Gasteiger partial charge is 0.00437 e. The molecule has 2 aliphatic rings. The molecule has 0 spiro atoms. The maximum Gasteiger partial charge on any atom is -0.00437 e. The lowest BCUT2D eigenvalue weighted by molar-refractivity contribution is 0.707. The topological polar surface area (TPSA) is 0 Å². The molecule has 0 saturated heterocycles. The van der Waals surface area contributed by atoms with Gasteiger partial charge in [0.05, 0.1) is 0 Å². The van der Waals surface area contributed by atoms with Crippen LogP contribution in [-0.2, 0) is 0 Å². The minimum atomic E-state index is 0.706. The van der Waals surface area contributed by atoms with Crippen LogP contribution in [-0.4, -0.2) is 0 Å². The standard InChI is InChI=1S/C13H18/c1-2-11-8-9-13(10-11)12-6-4-3-5-7-12/h6,8-11H,2-5,7H2,1H3. The lowest BCUT2D eigenvalue weighted by Crippen LogP contribution is -1.93. The van der Waals surface area contributed by atoms with Crippen LogP contribution in [0.1, 0.15) is 39.0 Å². The second-order valence-corrected chi connectivity index (χ2v) is 4.03. The van der Waals surface area contributed by atoms with Crippen LogP contribution in [0.2, 0.25) is 0 Å². The normalized spacial score (nSPS) is 27.3. The molecule has 0 radical (unpaired) electrons. The molecule has 0 heteroatoms. The molecular weight excluding hydrogens is 156 g/mol. The van der Waals surface area contributed by atoms with Crippen LogP contribution in [0, 0.1) is 5.92 Å². The van der Waals surface area contributed by atoms with Gasteiger partial charge >= 0.3 is 0 Å². The van der Waals surface area contributed by atoms with Gasteiger partial charge in [0, 0.05) is 0 Å². The average molecular weight is 174 g/mol. The van der Waals surface area contributed by atoms with Crippen LogP contribution in [0.25, 0.3) is 0 Å². The van der Waals surface area contributed by atoms with Crippen LogP contribution in [0.5, 0.6) is 0 Å². The van der Waals surface area contributed by atoms with Gasteiger partial charge in [-0.25, -0.2) is 0 Å². The van der Waals surface area contributed by atoms with Gasteiger partial charge in [0.1, 0.15) is 0 Å². The van der Waals surface area contributed by atoms with Crippen molar-refractivity contribution in [3.05, 3.63) is 35.5 Å². The molecular formula is C13H18. The van der Waals surface area contributed by atoms with Crippen LogP contribution >= 0.6 is 0 Å². The quantitative estimate of drug-likeness (QED) is 0.593. The van der Waals surface area contributed by atoms with Crippen LogP contribution < -0.4 is 0 Å². The van der Waals surface area contributed by atoms with Crippen molar-refractivity contribution in [3.8, 4) is 0 Å². The third-order valence-corrected chi connectivity index (χ3v) is 3.05. The molecule has 0 saturated carbocycles. The molecule has 13 heavy (non-hydrogen) atoms. The van der Waals surface area contributed by atoms with Crippen molar-refractivity contribution in [2.24, 2.45) is 5.92 Å². The molecule has 0 aliphatic heterocycles. The molecule has 1 unspecified atom stereocenters. The number of hydrogen-bond donors (Lipinski definition) is 0. The van der Waals surface area contributed by atoms with E-state index >= 15 is 0 Å². The summed E-state index contributed by atoms with van der Waals surface area (Å²) in [6, 6.07) is 0. The predicted molar refractivity (Wildman–Crippen MR) is 57.6 cm³/mol. The SMILES string of the molecule is CCC1C=CC(C2=CCCCC2)=C1. The third-order valence-electron chi connectivity index (χ3n) is 3.05. The van der Waals surface area contributed by atoms with Gasteiger partial charge < -0.3 is 0 Å². The third kappa shape index (κ3) is 1.93. The fourth-order valence-electron chi connectivity index (χ4n) is 2.14. The van der Waals surface area contributed by atoms with E-state index in [-0.39, 0.29) is 0 Å². The van der Waals surface area contributed by atoms with Gasteiger partial charge in [0.25, 0.3) is 0 Å². The zero-order valence-corrected chi connectivity index (χ0v) is 8.42. The Hall–Kier alpha value is -0.780. The van der Waals surface area contributed by atoms with Gasteiger partial charge in [0.2, 0.25) is 0 Å². The molecule has 0 N–H and O–H groups in total. The van der Waals surface area contributed by atoms with Crippen LogP contribution in [0.15, 0.2) is 35.5 Å². The first-order valence-corrected chi connectivity index (χ1v) is 5.49. The highest BCUT2D eigenvalue weighted by Crippen LogP contribution is 2.30. The Balaban J connectivity index is 2.09. The first-order valence-electron chi connectivity index (χ1n) is 5.49. The molecule has 1 atom stereocenters. The van der Waals surface area contributed by atoms with E-state index in [1.165, 1.54) is 37.7 Å².